The number of anilines is 1. The van der Waals surface area contributed by atoms with Crippen molar-refractivity contribution in [2.24, 2.45) is 11.8 Å². The van der Waals surface area contributed by atoms with Crippen LogP contribution in [-0.4, -0.2) is 27.9 Å². The van der Waals surface area contributed by atoms with E-state index in [2.05, 4.69) is 40.0 Å². The van der Waals surface area contributed by atoms with E-state index in [0.717, 1.165) is 28.9 Å². The fraction of sp³-hybridized carbons (Fsp3) is 0.545. The Morgan fingerprint density at radius 1 is 1.36 bits per heavy atom. The van der Waals surface area contributed by atoms with E-state index in [1.807, 2.05) is 39.3 Å². The summed E-state index contributed by atoms with van der Waals surface area (Å²) in [5.74, 6) is 2.76. The largest absolute Gasteiger partial charge is 0.466 e. The molecule has 28 heavy (non-hydrogen) atoms. The molecule has 1 aromatic rings. The summed E-state index contributed by atoms with van der Waals surface area (Å²) in [6.45, 7) is 13.6. The van der Waals surface area contributed by atoms with E-state index in [1.165, 1.54) is 31.0 Å². The Labute approximate surface area is 172 Å². The molecule has 0 aromatic carbocycles. The molecular weight excluding hydrogens is 368 g/mol. The molecule has 150 valence electrons. The van der Waals surface area contributed by atoms with Crippen LogP contribution in [0.15, 0.2) is 41.9 Å². The van der Waals surface area contributed by atoms with Crippen molar-refractivity contribution < 1.29 is 4.74 Å². The number of hydrogen-bond donors (Lipinski definition) is 1. The lowest BCUT2D eigenvalue weighted by molar-refractivity contribution is 0.0387. The van der Waals surface area contributed by atoms with Crippen molar-refractivity contribution in [3.63, 3.8) is 0 Å². The highest BCUT2D eigenvalue weighted by molar-refractivity contribution is 7.98. The number of fused-ring (bicyclic) bond motifs is 2. The number of rotatable bonds is 7. The average molecular weight is 399 g/mol. The summed E-state index contributed by atoms with van der Waals surface area (Å²) in [7, 11) is 0. The van der Waals surface area contributed by atoms with E-state index in [-0.39, 0.29) is 5.60 Å². The van der Waals surface area contributed by atoms with Crippen molar-refractivity contribution >= 4 is 23.7 Å². The fourth-order valence-electron chi connectivity index (χ4n) is 4.20. The molecule has 0 saturated heterocycles. The van der Waals surface area contributed by atoms with Gasteiger partial charge in [-0.15, -0.1) is 5.73 Å². The minimum Gasteiger partial charge on any atom is -0.466 e. The second-order valence-electron chi connectivity index (χ2n) is 8.43. The molecule has 6 heteroatoms. The normalized spacial score (nSPS) is 22.9. The molecular formula is C22H30N4OS. The van der Waals surface area contributed by atoms with Crippen LogP contribution in [0.4, 0.5) is 5.82 Å². The van der Waals surface area contributed by atoms with Gasteiger partial charge in [-0.25, -0.2) is 9.97 Å². The van der Waals surface area contributed by atoms with E-state index >= 15 is 0 Å². The first-order chi connectivity index (χ1) is 13.3. The van der Waals surface area contributed by atoms with E-state index in [0.29, 0.717) is 17.8 Å². The Morgan fingerprint density at radius 2 is 2.14 bits per heavy atom. The summed E-state index contributed by atoms with van der Waals surface area (Å²) in [5, 5.41) is 2.88. The molecule has 2 fully saturated rings. The van der Waals surface area contributed by atoms with Gasteiger partial charge in [0.1, 0.15) is 5.60 Å². The van der Waals surface area contributed by atoms with Gasteiger partial charge in [0.15, 0.2) is 11.0 Å². The molecule has 0 aliphatic heterocycles. The van der Waals surface area contributed by atoms with Crippen molar-refractivity contribution in [3.8, 4) is 0 Å². The zero-order chi connectivity index (χ0) is 20.3. The molecule has 1 unspecified atom stereocenters. The lowest BCUT2D eigenvalue weighted by Crippen LogP contribution is -2.49. The van der Waals surface area contributed by atoms with Gasteiger partial charge in [-0.2, -0.15) is 0 Å². The van der Waals surface area contributed by atoms with Gasteiger partial charge >= 0.3 is 0 Å². The standard InChI is InChI=1S/C22H30N4OS/c1-7-9-17-14-23-21(28-6)24-20(17)26(18-13-15-10-11-16(18)12-15)25-19(8-2)27-22(3,4)5/h9,14-16,18,25H,1-2,10-13H2,3-6H3/t15-,16?,18+/m1/s1. The highest BCUT2D eigenvalue weighted by atomic mass is 32.2. The fourth-order valence-corrected chi connectivity index (χ4v) is 4.54. The van der Waals surface area contributed by atoms with Crippen molar-refractivity contribution in [2.45, 2.75) is 63.3 Å². The topological polar surface area (TPSA) is 50.3 Å². The number of hydrazine groups is 1. The van der Waals surface area contributed by atoms with E-state index in [9.17, 15) is 0 Å². The first kappa shape index (κ1) is 20.6. The first-order valence-corrected chi connectivity index (χ1v) is 11.0. The Balaban J connectivity index is 2.01. The highest BCUT2D eigenvalue weighted by Crippen LogP contribution is 2.47. The number of ether oxygens (including phenoxy) is 1. The van der Waals surface area contributed by atoms with Gasteiger partial charge in [0, 0.05) is 11.8 Å². The summed E-state index contributed by atoms with van der Waals surface area (Å²) < 4.78 is 6.04. The number of nitrogens with zero attached hydrogens (tertiary/aromatic N) is 3. The maximum atomic E-state index is 6.04. The molecule has 2 aliphatic carbocycles. The minimum absolute atomic E-state index is 0.340. The summed E-state index contributed by atoms with van der Waals surface area (Å²) in [5.41, 5.74) is 9.74. The SMILES string of the molecule is C=C=Cc1cnc(SC)nc1N(NC(=C=C)OC(C)(C)C)[C@H]1C[C@@H]2CCC1C2. The summed E-state index contributed by atoms with van der Waals surface area (Å²) >= 11 is 1.53. The molecule has 3 atom stereocenters. The molecule has 5 nitrogen and oxygen atoms in total. The van der Waals surface area contributed by atoms with Gasteiger partial charge in [-0.1, -0.05) is 37.1 Å². The third-order valence-electron chi connectivity index (χ3n) is 5.27. The average Bonchev–Trinajstić information content (AvgIpc) is 3.28. The van der Waals surface area contributed by atoms with Crippen LogP contribution in [0.3, 0.4) is 0 Å². The van der Waals surface area contributed by atoms with Gasteiger partial charge < -0.3 is 4.74 Å². The Morgan fingerprint density at radius 3 is 2.68 bits per heavy atom. The van der Waals surface area contributed by atoms with Crippen LogP contribution in [0.2, 0.25) is 0 Å². The molecule has 3 rings (SSSR count). The first-order valence-electron chi connectivity index (χ1n) is 9.76. The highest BCUT2D eigenvalue weighted by Gasteiger charge is 2.44. The second-order valence-corrected chi connectivity index (χ2v) is 9.20. The monoisotopic (exact) mass is 398 g/mol. The minimum atomic E-state index is -0.354. The molecule has 1 N–H and O–H groups in total. The van der Waals surface area contributed by atoms with Gasteiger partial charge in [0.25, 0.3) is 5.88 Å². The summed E-state index contributed by atoms with van der Waals surface area (Å²) in [6.07, 6.45) is 10.6. The number of aromatic nitrogens is 2. The lowest BCUT2D eigenvalue weighted by Gasteiger charge is -2.37. The van der Waals surface area contributed by atoms with Crippen LogP contribution in [0.5, 0.6) is 0 Å². The number of hydrogen-bond acceptors (Lipinski definition) is 6. The van der Waals surface area contributed by atoms with Crippen molar-refractivity contribution in [1.29, 1.82) is 0 Å². The molecule has 1 aromatic heterocycles. The quantitative estimate of drug-likeness (QED) is 0.231. The van der Waals surface area contributed by atoms with Gasteiger partial charge in [0.05, 0.1) is 6.04 Å². The Bertz CT molecular complexity index is 818. The maximum absolute atomic E-state index is 6.04. The molecule has 2 aliphatic rings. The van der Waals surface area contributed by atoms with Gasteiger partial charge in [-0.3, -0.25) is 10.4 Å². The van der Waals surface area contributed by atoms with E-state index in [4.69, 9.17) is 9.72 Å². The second kappa shape index (κ2) is 8.48. The van der Waals surface area contributed by atoms with Crippen LogP contribution in [0.25, 0.3) is 6.08 Å². The summed E-state index contributed by atoms with van der Waals surface area (Å²) in [4.78, 5) is 9.25. The van der Waals surface area contributed by atoms with Crippen molar-refractivity contribution in [3.05, 3.63) is 42.3 Å². The molecule has 1 heterocycles. The molecule has 2 saturated carbocycles. The molecule has 0 radical (unpaired) electrons. The predicted molar refractivity (Wildman–Crippen MR) is 116 cm³/mol. The van der Waals surface area contributed by atoms with Crippen LogP contribution in [0, 0.1) is 11.8 Å². The van der Waals surface area contributed by atoms with Crippen molar-refractivity contribution in [2.75, 3.05) is 11.3 Å². The number of thioether (sulfide) groups is 1. The smallest absolute Gasteiger partial charge is 0.252 e. The van der Waals surface area contributed by atoms with Crippen LogP contribution < -0.4 is 10.4 Å². The van der Waals surface area contributed by atoms with Crippen LogP contribution in [0.1, 0.15) is 52.0 Å². The Hall–Kier alpha value is -2.13. The third kappa shape index (κ3) is 4.64. The zero-order valence-electron chi connectivity index (χ0n) is 17.3. The van der Waals surface area contributed by atoms with E-state index < -0.39 is 0 Å². The van der Waals surface area contributed by atoms with Gasteiger partial charge in [0.2, 0.25) is 0 Å². The molecule has 0 spiro atoms. The zero-order valence-corrected chi connectivity index (χ0v) is 18.1. The van der Waals surface area contributed by atoms with Crippen LogP contribution in [-0.2, 0) is 4.74 Å². The van der Waals surface area contributed by atoms with Gasteiger partial charge in [-0.05, 0) is 64.2 Å². The number of nitrogens with one attached hydrogen (secondary N) is 1. The Kier molecular flexibility index (Phi) is 6.24. The van der Waals surface area contributed by atoms with Crippen LogP contribution >= 0.6 is 11.8 Å². The lowest BCUT2D eigenvalue weighted by atomic mass is 9.94. The maximum Gasteiger partial charge on any atom is 0.252 e. The third-order valence-corrected chi connectivity index (χ3v) is 5.83. The molecule has 2 bridgehead atoms. The molecule has 0 amide bonds. The predicted octanol–water partition coefficient (Wildman–Crippen LogP) is 4.94. The van der Waals surface area contributed by atoms with Crippen molar-refractivity contribution in [1.82, 2.24) is 15.4 Å². The summed E-state index contributed by atoms with van der Waals surface area (Å²) in [6, 6.07) is 0.340. The van der Waals surface area contributed by atoms with E-state index in [1.54, 1.807) is 0 Å².